The highest BCUT2D eigenvalue weighted by molar-refractivity contribution is 6.33. The predicted molar refractivity (Wildman–Crippen MR) is 85.4 cm³/mol. The lowest BCUT2D eigenvalue weighted by atomic mass is 10.2. The summed E-state index contributed by atoms with van der Waals surface area (Å²) < 4.78 is 19.1. The van der Waals surface area contributed by atoms with Gasteiger partial charge in [-0.05, 0) is 18.2 Å². The second-order valence-corrected chi connectivity index (χ2v) is 4.81. The zero-order valence-electron chi connectivity index (χ0n) is 11.8. The van der Waals surface area contributed by atoms with Crippen LogP contribution < -0.4 is 27.1 Å². The number of halogens is 2. The maximum atomic E-state index is 14.1. The minimum atomic E-state index is -0.720. The van der Waals surface area contributed by atoms with Crippen LogP contribution in [0.25, 0.3) is 5.70 Å². The van der Waals surface area contributed by atoms with Crippen molar-refractivity contribution in [2.45, 2.75) is 0 Å². The Bertz CT molecular complexity index is 722. The van der Waals surface area contributed by atoms with Gasteiger partial charge in [-0.25, -0.2) is 10.2 Å². The van der Waals surface area contributed by atoms with Gasteiger partial charge in [0, 0.05) is 18.0 Å². The average Bonchev–Trinajstić information content (AvgIpc) is 2.51. The molecule has 0 amide bonds. The van der Waals surface area contributed by atoms with E-state index in [9.17, 15) is 4.39 Å². The van der Waals surface area contributed by atoms with Crippen molar-refractivity contribution in [1.82, 2.24) is 4.98 Å². The summed E-state index contributed by atoms with van der Waals surface area (Å²) in [6, 6.07) is 4.48. The lowest BCUT2D eigenvalue weighted by Crippen LogP contribution is -2.27. The summed E-state index contributed by atoms with van der Waals surface area (Å²) in [4.78, 5) is 3.98. The number of anilines is 2. The third kappa shape index (κ3) is 3.21. The first-order valence-corrected chi connectivity index (χ1v) is 6.56. The lowest BCUT2D eigenvalue weighted by Gasteiger charge is -2.18. The van der Waals surface area contributed by atoms with Crippen molar-refractivity contribution in [2.24, 2.45) is 11.6 Å². The molecule has 6 N–H and O–H groups in total. The molecule has 0 fully saturated rings. The van der Waals surface area contributed by atoms with Crippen LogP contribution in [0.4, 0.5) is 15.8 Å². The van der Waals surface area contributed by atoms with E-state index in [4.69, 9.17) is 33.6 Å². The normalized spacial score (nSPS) is 11.4. The topological polar surface area (TPSA) is 103 Å². The van der Waals surface area contributed by atoms with Crippen molar-refractivity contribution < 1.29 is 9.13 Å². The third-order valence-corrected chi connectivity index (χ3v) is 3.22. The summed E-state index contributed by atoms with van der Waals surface area (Å²) in [5.41, 5.74) is 12.1. The standard InChI is InChI=1S/C14H15ClFN5O/c1-22-9-4-8(5-20-6-9)12(18)7-21(19)14-10(15)2-3-11(17)13(14)16/h2-7H,17-19H2,1H3/b12-7-. The molecule has 22 heavy (non-hydrogen) atoms. The fraction of sp³-hybridized carbons (Fsp3) is 0.0714. The average molecular weight is 324 g/mol. The van der Waals surface area contributed by atoms with Gasteiger partial charge in [0.2, 0.25) is 0 Å². The number of nitrogens with two attached hydrogens (primary N) is 3. The van der Waals surface area contributed by atoms with Gasteiger partial charge in [-0.2, -0.15) is 0 Å². The van der Waals surface area contributed by atoms with Crippen LogP contribution >= 0.6 is 11.6 Å². The smallest absolute Gasteiger partial charge is 0.172 e. The molecule has 0 bridgehead atoms. The van der Waals surface area contributed by atoms with Crippen molar-refractivity contribution in [2.75, 3.05) is 17.9 Å². The van der Waals surface area contributed by atoms with Gasteiger partial charge in [-0.1, -0.05) is 11.6 Å². The van der Waals surface area contributed by atoms with E-state index in [2.05, 4.69) is 4.98 Å². The summed E-state index contributed by atoms with van der Waals surface area (Å²) in [6.45, 7) is 0. The number of hydrogen-bond donors (Lipinski definition) is 3. The Labute approximate surface area is 131 Å². The number of nitrogens with zero attached hydrogens (tertiary/aromatic N) is 2. The minimum absolute atomic E-state index is 0.0649. The van der Waals surface area contributed by atoms with Gasteiger partial charge in [-0.3, -0.25) is 9.99 Å². The molecule has 0 aliphatic carbocycles. The van der Waals surface area contributed by atoms with E-state index in [1.165, 1.54) is 37.8 Å². The van der Waals surface area contributed by atoms with E-state index in [-0.39, 0.29) is 22.1 Å². The minimum Gasteiger partial charge on any atom is -0.495 e. The van der Waals surface area contributed by atoms with E-state index in [1.807, 2.05) is 0 Å². The maximum absolute atomic E-state index is 14.1. The summed E-state index contributed by atoms with van der Waals surface area (Å²) in [7, 11) is 1.51. The molecule has 0 atom stereocenters. The molecule has 1 aromatic carbocycles. The number of pyridine rings is 1. The highest BCUT2D eigenvalue weighted by Gasteiger charge is 2.15. The number of aromatic nitrogens is 1. The molecule has 0 aliphatic rings. The Morgan fingerprint density at radius 3 is 2.82 bits per heavy atom. The van der Waals surface area contributed by atoms with Crippen molar-refractivity contribution in [3.8, 4) is 5.75 Å². The molecule has 0 saturated carbocycles. The van der Waals surface area contributed by atoms with Crippen molar-refractivity contribution in [1.29, 1.82) is 0 Å². The van der Waals surface area contributed by atoms with Crippen molar-refractivity contribution in [3.63, 3.8) is 0 Å². The number of ether oxygens (including phenoxy) is 1. The third-order valence-electron chi connectivity index (χ3n) is 2.92. The lowest BCUT2D eigenvalue weighted by molar-refractivity contribution is 0.412. The van der Waals surface area contributed by atoms with E-state index in [0.29, 0.717) is 11.3 Å². The Morgan fingerprint density at radius 2 is 2.14 bits per heavy atom. The fourth-order valence-electron chi connectivity index (χ4n) is 1.77. The van der Waals surface area contributed by atoms with Crippen LogP contribution in [0, 0.1) is 5.82 Å². The van der Waals surface area contributed by atoms with E-state index >= 15 is 0 Å². The van der Waals surface area contributed by atoms with Gasteiger partial charge in [0.15, 0.2) is 5.82 Å². The molecule has 1 heterocycles. The second-order valence-electron chi connectivity index (χ2n) is 4.40. The van der Waals surface area contributed by atoms with Gasteiger partial charge in [0.25, 0.3) is 0 Å². The van der Waals surface area contributed by atoms with E-state index in [0.717, 1.165) is 5.01 Å². The molecule has 1 aromatic heterocycles. The number of nitrogen functional groups attached to an aromatic ring is 1. The molecule has 0 spiro atoms. The molecular weight excluding hydrogens is 309 g/mol. The van der Waals surface area contributed by atoms with Gasteiger partial charge >= 0.3 is 0 Å². The first-order chi connectivity index (χ1) is 10.4. The largest absolute Gasteiger partial charge is 0.495 e. The molecule has 6 nitrogen and oxygen atoms in total. The summed E-state index contributed by atoms with van der Waals surface area (Å²) >= 11 is 5.95. The number of hydrogen-bond acceptors (Lipinski definition) is 6. The molecular formula is C14H15ClFN5O. The predicted octanol–water partition coefficient (Wildman–Crippen LogP) is 2.10. The molecule has 0 saturated heterocycles. The van der Waals surface area contributed by atoms with Crippen LogP contribution in [0.3, 0.4) is 0 Å². The van der Waals surface area contributed by atoms with Crippen LogP contribution in [-0.2, 0) is 0 Å². The number of methoxy groups -OCH3 is 1. The molecule has 0 unspecified atom stereocenters. The Kier molecular flexibility index (Phi) is 4.69. The quantitative estimate of drug-likeness (QED) is 0.452. The van der Waals surface area contributed by atoms with Crippen LogP contribution in [0.1, 0.15) is 5.56 Å². The monoisotopic (exact) mass is 323 g/mol. The number of benzene rings is 1. The number of rotatable bonds is 4. The molecule has 0 radical (unpaired) electrons. The fourth-order valence-corrected chi connectivity index (χ4v) is 2.01. The number of hydrazine groups is 1. The van der Waals surface area contributed by atoms with E-state index < -0.39 is 5.82 Å². The molecule has 0 aliphatic heterocycles. The Morgan fingerprint density at radius 1 is 1.41 bits per heavy atom. The van der Waals surface area contributed by atoms with Gasteiger partial charge < -0.3 is 16.2 Å². The summed E-state index contributed by atoms with van der Waals surface area (Å²) in [6.07, 6.45) is 4.38. The van der Waals surface area contributed by atoms with Gasteiger partial charge in [0.05, 0.1) is 29.7 Å². The molecule has 116 valence electrons. The summed E-state index contributed by atoms with van der Waals surface area (Å²) in [5, 5.41) is 1.09. The van der Waals surface area contributed by atoms with Gasteiger partial charge in [0.1, 0.15) is 11.4 Å². The van der Waals surface area contributed by atoms with Crippen molar-refractivity contribution in [3.05, 3.63) is 53.2 Å². The van der Waals surface area contributed by atoms with Gasteiger partial charge in [-0.15, -0.1) is 0 Å². The highest BCUT2D eigenvalue weighted by atomic mass is 35.5. The maximum Gasteiger partial charge on any atom is 0.172 e. The second kappa shape index (κ2) is 6.50. The molecule has 2 aromatic rings. The van der Waals surface area contributed by atoms with Crippen LogP contribution in [0.5, 0.6) is 5.75 Å². The Balaban J connectivity index is 2.38. The SMILES string of the molecule is COc1cncc(/C(N)=C/N(N)c2c(Cl)ccc(N)c2F)c1. The van der Waals surface area contributed by atoms with Crippen LogP contribution in [0.2, 0.25) is 5.02 Å². The van der Waals surface area contributed by atoms with E-state index in [1.54, 1.807) is 6.07 Å². The van der Waals surface area contributed by atoms with Crippen LogP contribution in [0.15, 0.2) is 36.8 Å². The molecule has 8 heteroatoms. The zero-order valence-corrected chi connectivity index (χ0v) is 12.5. The Hall–Kier alpha value is -2.51. The highest BCUT2D eigenvalue weighted by Crippen LogP contribution is 2.31. The first-order valence-electron chi connectivity index (χ1n) is 6.18. The zero-order chi connectivity index (χ0) is 16.3. The van der Waals surface area contributed by atoms with Crippen molar-refractivity contribution >= 4 is 28.7 Å². The molecule has 2 rings (SSSR count). The summed E-state index contributed by atoms with van der Waals surface area (Å²) in [5.74, 6) is 5.63. The van der Waals surface area contributed by atoms with Crippen LogP contribution in [-0.4, -0.2) is 12.1 Å². The first kappa shape index (κ1) is 15.9.